The summed E-state index contributed by atoms with van der Waals surface area (Å²) in [5, 5.41) is 4.41. The summed E-state index contributed by atoms with van der Waals surface area (Å²) in [5.74, 6) is 0. The van der Waals surface area contributed by atoms with Gasteiger partial charge in [0.15, 0.2) is 0 Å². The van der Waals surface area contributed by atoms with E-state index in [0.29, 0.717) is 10.9 Å². The number of nitrogens with two attached hydrogens (primary N) is 1. The molecule has 0 aliphatic heterocycles. The molecule has 92 valence electrons. The Morgan fingerprint density at radius 3 is 2.71 bits per heavy atom. The van der Waals surface area contributed by atoms with Gasteiger partial charge in [0.1, 0.15) is 6.54 Å². The van der Waals surface area contributed by atoms with Gasteiger partial charge >= 0.3 is 6.18 Å². The number of alkyl halides is 3. The predicted molar refractivity (Wildman–Crippen MR) is 58.4 cm³/mol. The Labute approximate surface area is 96.0 Å². The Balaban J connectivity index is 2.42. The number of benzene rings is 1. The Morgan fingerprint density at radius 1 is 1.41 bits per heavy atom. The molecule has 0 radical (unpaired) electrons. The zero-order valence-electron chi connectivity index (χ0n) is 9.20. The van der Waals surface area contributed by atoms with Gasteiger partial charge in [-0.05, 0) is 24.6 Å². The highest BCUT2D eigenvalue weighted by molar-refractivity contribution is 5.79. The molecule has 0 amide bonds. The summed E-state index contributed by atoms with van der Waals surface area (Å²) in [6.45, 7) is 0.745. The Kier molecular flexibility index (Phi) is 2.82. The van der Waals surface area contributed by atoms with Gasteiger partial charge in [-0.15, -0.1) is 0 Å². The third-order valence-corrected chi connectivity index (χ3v) is 2.52. The van der Waals surface area contributed by atoms with Crippen LogP contribution in [-0.4, -0.2) is 16.0 Å². The van der Waals surface area contributed by atoms with E-state index in [1.54, 1.807) is 18.2 Å². The van der Waals surface area contributed by atoms with Crippen LogP contribution in [0.5, 0.6) is 0 Å². The zero-order valence-corrected chi connectivity index (χ0v) is 9.20. The van der Waals surface area contributed by atoms with Crippen molar-refractivity contribution in [2.75, 3.05) is 0 Å². The summed E-state index contributed by atoms with van der Waals surface area (Å²) in [6, 6.07) is 4.96. The molecule has 1 aromatic heterocycles. The SMILES string of the molecule is C[C@@H](N)c1ccc2c(cnn2CC(F)(F)F)c1. The molecule has 1 heterocycles. The first kappa shape index (κ1) is 11.9. The molecule has 0 aliphatic carbocycles. The second-order valence-corrected chi connectivity index (χ2v) is 4.02. The highest BCUT2D eigenvalue weighted by atomic mass is 19.4. The highest BCUT2D eigenvalue weighted by Crippen LogP contribution is 2.23. The van der Waals surface area contributed by atoms with Crippen LogP contribution < -0.4 is 5.73 Å². The Bertz CT molecular complexity index is 528. The molecule has 17 heavy (non-hydrogen) atoms. The Hall–Kier alpha value is -1.56. The minimum Gasteiger partial charge on any atom is -0.324 e. The van der Waals surface area contributed by atoms with Crippen molar-refractivity contribution in [3.8, 4) is 0 Å². The van der Waals surface area contributed by atoms with Gasteiger partial charge in [0.25, 0.3) is 0 Å². The maximum Gasteiger partial charge on any atom is 0.408 e. The first-order chi connectivity index (χ1) is 7.87. The van der Waals surface area contributed by atoms with Crippen LogP contribution in [0, 0.1) is 0 Å². The van der Waals surface area contributed by atoms with Crippen LogP contribution in [0.15, 0.2) is 24.4 Å². The third-order valence-electron chi connectivity index (χ3n) is 2.52. The number of rotatable bonds is 2. The molecule has 6 heteroatoms. The fourth-order valence-corrected chi connectivity index (χ4v) is 1.68. The smallest absolute Gasteiger partial charge is 0.324 e. The van der Waals surface area contributed by atoms with Crippen molar-refractivity contribution in [2.24, 2.45) is 5.73 Å². The number of fused-ring (bicyclic) bond motifs is 1. The Morgan fingerprint density at radius 2 is 2.12 bits per heavy atom. The minimum absolute atomic E-state index is 0.148. The van der Waals surface area contributed by atoms with Crippen LogP contribution in [0.3, 0.4) is 0 Å². The number of aromatic nitrogens is 2. The van der Waals surface area contributed by atoms with Gasteiger partial charge in [0.05, 0.1) is 11.7 Å². The molecule has 0 saturated carbocycles. The second kappa shape index (κ2) is 4.03. The molecule has 0 spiro atoms. The molecular formula is C11H12F3N3. The summed E-state index contributed by atoms with van der Waals surface area (Å²) >= 11 is 0. The third kappa shape index (κ3) is 2.58. The van der Waals surface area contributed by atoms with Crippen molar-refractivity contribution in [3.05, 3.63) is 30.0 Å². The van der Waals surface area contributed by atoms with Crippen LogP contribution in [-0.2, 0) is 6.54 Å². The normalized spacial score (nSPS) is 14.2. The molecule has 2 rings (SSSR count). The molecule has 0 bridgehead atoms. The standard InChI is InChI=1S/C11H12F3N3/c1-7(15)8-2-3-10-9(4-8)5-16-17(10)6-11(12,13)14/h2-5,7H,6,15H2,1H3/t7-/m1/s1. The number of hydrogen-bond donors (Lipinski definition) is 1. The molecule has 0 fully saturated rings. The number of halogens is 3. The molecule has 2 N–H and O–H groups in total. The van der Waals surface area contributed by atoms with E-state index < -0.39 is 12.7 Å². The summed E-state index contributed by atoms with van der Waals surface area (Å²) in [6.07, 6.45) is -2.84. The van der Waals surface area contributed by atoms with Gasteiger partial charge in [0, 0.05) is 11.4 Å². The van der Waals surface area contributed by atoms with Crippen LogP contribution in [0.1, 0.15) is 18.5 Å². The van der Waals surface area contributed by atoms with Crippen LogP contribution in [0.4, 0.5) is 13.2 Å². The minimum atomic E-state index is -4.27. The van der Waals surface area contributed by atoms with Crippen molar-refractivity contribution < 1.29 is 13.2 Å². The van der Waals surface area contributed by atoms with E-state index in [-0.39, 0.29) is 6.04 Å². The van der Waals surface area contributed by atoms with Gasteiger partial charge in [-0.25, -0.2) is 0 Å². The van der Waals surface area contributed by atoms with Crippen molar-refractivity contribution in [1.82, 2.24) is 9.78 Å². The predicted octanol–water partition coefficient (Wildman–Crippen LogP) is 2.62. The van der Waals surface area contributed by atoms with Crippen molar-refractivity contribution in [3.63, 3.8) is 0 Å². The fourth-order valence-electron chi connectivity index (χ4n) is 1.68. The molecule has 1 aromatic carbocycles. The lowest BCUT2D eigenvalue weighted by molar-refractivity contribution is -0.141. The summed E-state index contributed by atoms with van der Waals surface area (Å²) < 4.78 is 37.8. The van der Waals surface area contributed by atoms with Crippen molar-refractivity contribution in [2.45, 2.75) is 25.7 Å². The quantitative estimate of drug-likeness (QED) is 0.881. The van der Waals surface area contributed by atoms with Crippen LogP contribution in [0.2, 0.25) is 0 Å². The molecule has 0 aliphatic rings. The first-order valence-electron chi connectivity index (χ1n) is 5.14. The van der Waals surface area contributed by atoms with E-state index in [4.69, 9.17) is 5.73 Å². The van der Waals surface area contributed by atoms with Crippen molar-refractivity contribution >= 4 is 10.9 Å². The van der Waals surface area contributed by atoms with E-state index in [2.05, 4.69) is 5.10 Å². The van der Waals surface area contributed by atoms with E-state index in [1.807, 2.05) is 6.92 Å². The topological polar surface area (TPSA) is 43.8 Å². The van der Waals surface area contributed by atoms with Gasteiger partial charge in [-0.2, -0.15) is 18.3 Å². The molecule has 0 unspecified atom stereocenters. The van der Waals surface area contributed by atoms with Crippen molar-refractivity contribution in [1.29, 1.82) is 0 Å². The molecule has 0 saturated heterocycles. The summed E-state index contributed by atoms with van der Waals surface area (Å²) in [7, 11) is 0. The van der Waals surface area contributed by atoms with Crippen LogP contribution >= 0.6 is 0 Å². The summed E-state index contributed by atoms with van der Waals surface area (Å²) in [4.78, 5) is 0. The molecular weight excluding hydrogens is 231 g/mol. The molecule has 3 nitrogen and oxygen atoms in total. The summed E-state index contributed by atoms with van der Waals surface area (Å²) in [5.41, 5.74) is 7.05. The second-order valence-electron chi connectivity index (χ2n) is 4.02. The fraction of sp³-hybridized carbons (Fsp3) is 0.364. The number of nitrogens with zero attached hydrogens (tertiary/aromatic N) is 2. The van der Waals surface area contributed by atoms with Crippen LogP contribution in [0.25, 0.3) is 10.9 Å². The number of hydrogen-bond acceptors (Lipinski definition) is 2. The largest absolute Gasteiger partial charge is 0.408 e. The van der Waals surface area contributed by atoms with Gasteiger partial charge in [-0.1, -0.05) is 6.07 Å². The zero-order chi connectivity index (χ0) is 12.6. The van der Waals surface area contributed by atoms with Gasteiger partial charge in [-0.3, -0.25) is 4.68 Å². The lowest BCUT2D eigenvalue weighted by atomic mass is 10.1. The monoisotopic (exact) mass is 243 g/mol. The maximum atomic E-state index is 12.3. The van der Waals surface area contributed by atoms with Gasteiger partial charge < -0.3 is 5.73 Å². The lowest BCUT2D eigenvalue weighted by Gasteiger charge is -2.08. The van der Waals surface area contributed by atoms with E-state index in [1.165, 1.54) is 6.20 Å². The molecule has 1 atom stereocenters. The highest BCUT2D eigenvalue weighted by Gasteiger charge is 2.29. The lowest BCUT2D eigenvalue weighted by Crippen LogP contribution is -2.18. The first-order valence-corrected chi connectivity index (χ1v) is 5.14. The molecule has 2 aromatic rings. The van der Waals surface area contributed by atoms with E-state index >= 15 is 0 Å². The van der Waals surface area contributed by atoms with E-state index in [0.717, 1.165) is 10.2 Å². The maximum absolute atomic E-state index is 12.3. The average molecular weight is 243 g/mol. The van der Waals surface area contributed by atoms with Gasteiger partial charge in [0.2, 0.25) is 0 Å². The van der Waals surface area contributed by atoms with E-state index in [9.17, 15) is 13.2 Å². The average Bonchev–Trinajstić information content (AvgIpc) is 2.58.